The lowest BCUT2D eigenvalue weighted by atomic mass is 10.1. The van der Waals surface area contributed by atoms with Gasteiger partial charge < -0.3 is 0 Å². The predicted molar refractivity (Wildman–Crippen MR) is 95.2 cm³/mol. The molecule has 4 nitrogen and oxygen atoms in total. The van der Waals surface area contributed by atoms with Gasteiger partial charge in [-0.25, -0.2) is 21.8 Å². The summed E-state index contributed by atoms with van der Waals surface area (Å²) < 4.78 is 41.1. The fraction of sp³-hybridized carbons (Fsp3) is 0.235. The van der Waals surface area contributed by atoms with Crippen molar-refractivity contribution in [2.75, 3.05) is 0 Å². The maximum absolute atomic E-state index is 14.0. The van der Waals surface area contributed by atoms with Gasteiger partial charge >= 0.3 is 0 Å². The highest BCUT2D eigenvalue weighted by molar-refractivity contribution is 9.10. The summed E-state index contributed by atoms with van der Waals surface area (Å²) in [6.45, 7) is 5.77. The third-order valence-corrected chi connectivity index (χ3v) is 6.12. The first-order chi connectivity index (χ1) is 11.2. The average Bonchev–Trinajstić information content (AvgIpc) is 2.87. The number of aromatic nitrogens is 2. The van der Waals surface area contributed by atoms with Gasteiger partial charge in [0.15, 0.2) is 5.82 Å². The smallest absolute Gasteiger partial charge is 0.239 e. The highest BCUT2D eigenvalue weighted by Crippen LogP contribution is 2.31. The highest BCUT2D eigenvalue weighted by atomic mass is 79.9. The molecule has 0 aliphatic carbocycles. The number of nitrogens with zero attached hydrogens (tertiary/aromatic N) is 2. The molecular formula is C17H16BrFN2O2S. The summed E-state index contributed by atoms with van der Waals surface area (Å²) in [4.78, 5) is 4.35. The molecule has 0 radical (unpaired) electrons. The van der Waals surface area contributed by atoms with Gasteiger partial charge in [-0.2, -0.15) is 0 Å². The van der Waals surface area contributed by atoms with Crippen LogP contribution in [-0.2, 0) is 10.0 Å². The SMILES string of the molecule is Cc1ccc(S(=O)(=O)n2cc(C(C)C)c3nc(Br)c(F)cc32)cc1. The second-order valence-electron chi connectivity index (χ2n) is 5.98. The van der Waals surface area contributed by atoms with Crippen LogP contribution >= 0.6 is 15.9 Å². The van der Waals surface area contributed by atoms with E-state index in [-0.39, 0.29) is 20.9 Å². The standard InChI is InChI=1S/C17H16BrFN2O2S/c1-10(2)13-9-21(15-8-14(19)17(18)20-16(13)15)24(22,23)12-6-4-11(3)5-7-12/h4-10H,1-3H3. The number of fused-ring (bicyclic) bond motifs is 1. The molecule has 0 bridgehead atoms. The second kappa shape index (κ2) is 5.97. The average molecular weight is 411 g/mol. The van der Waals surface area contributed by atoms with Crippen LogP contribution in [0.15, 0.2) is 46.0 Å². The van der Waals surface area contributed by atoms with E-state index in [1.54, 1.807) is 24.3 Å². The molecule has 0 atom stereocenters. The topological polar surface area (TPSA) is 52.0 Å². The molecule has 2 heterocycles. The molecule has 126 valence electrons. The number of hydrogen-bond acceptors (Lipinski definition) is 3. The van der Waals surface area contributed by atoms with Crippen molar-refractivity contribution in [1.82, 2.24) is 8.96 Å². The van der Waals surface area contributed by atoms with E-state index in [0.29, 0.717) is 5.52 Å². The van der Waals surface area contributed by atoms with Crippen molar-refractivity contribution in [1.29, 1.82) is 0 Å². The first-order valence-corrected chi connectivity index (χ1v) is 9.64. The molecule has 7 heteroatoms. The van der Waals surface area contributed by atoms with Gasteiger partial charge in [0.05, 0.1) is 15.9 Å². The Bertz CT molecular complexity index is 1020. The number of halogens is 2. The fourth-order valence-electron chi connectivity index (χ4n) is 2.54. The molecule has 0 N–H and O–H groups in total. The third kappa shape index (κ3) is 2.75. The Hall–Kier alpha value is -1.73. The van der Waals surface area contributed by atoms with Crippen LogP contribution in [0.5, 0.6) is 0 Å². The molecule has 0 saturated carbocycles. The summed E-state index contributed by atoms with van der Waals surface area (Å²) in [6.07, 6.45) is 1.53. The summed E-state index contributed by atoms with van der Waals surface area (Å²) >= 11 is 3.07. The van der Waals surface area contributed by atoms with Crippen LogP contribution in [0, 0.1) is 12.7 Å². The van der Waals surface area contributed by atoms with Crippen LogP contribution < -0.4 is 0 Å². The zero-order chi connectivity index (χ0) is 17.6. The van der Waals surface area contributed by atoms with Crippen molar-refractivity contribution in [3.05, 3.63) is 58.1 Å². The molecule has 0 aliphatic heterocycles. The van der Waals surface area contributed by atoms with Crippen LogP contribution in [0.25, 0.3) is 11.0 Å². The van der Waals surface area contributed by atoms with E-state index >= 15 is 0 Å². The van der Waals surface area contributed by atoms with Crippen molar-refractivity contribution in [2.24, 2.45) is 0 Å². The van der Waals surface area contributed by atoms with Gasteiger partial charge in [0.25, 0.3) is 10.0 Å². The zero-order valence-electron chi connectivity index (χ0n) is 13.4. The number of benzene rings is 1. The highest BCUT2D eigenvalue weighted by Gasteiger charge is 2.24. The Morgan fingerprint density at radius 1 is 1.21 bits per heavy atom. The number of hydrogen-bond donors (Lipinski definition) is 0. The summed E-state index contributed by atoms with van der Waals surface area (Å²) in [7, 11) is -3.83. The van der Waals surface area contributed by atoms with Gasteiger partial charge in [-0.05, 0) is 46.5 Å². The lowest BCUT2D eigenvalue weighted by Gasteiger charge is -2.08. The molecule has 0 amide bonds. The molecule has 0 fully saturated rings. The van der Waals surface area contributed by atoms with Crippen molar-refractivity contribution >= 4 is 37.0 Å². The maximum Gasteiger partial charge on any atom is 0.268 e. The van der Waals surface area contributed by atoms with Gasteiger partial charge in [0.1, 0.15) is 4.60 Å². The molecule has 24 heavy (non-hydrogen) atoms. The van der Waals surface area contributed by atoms with Crippen LogP contribution in [0.4, 0.5) is 4.39 Å². The van der Waals surface area contributed by atoms with Crippen LogP contribution in [-0.4, -0.2) is 17.4 Å². The van der Waals surface area contributed by atoms with Gasteiger partial charge in [0, 0.05) is 12.3 Å². The molecule has 2 aromatic heterocycles. The Balaban J connectivity index is 2.33. The number of pyridine rings is 1. The summed E-state index contributed by atoms with van der Waals surface area (Å²) in [5.41, 5.74) is 2.43. The minimum atomic E-state index is -3.83. The molecule has 1 aromatic carbocycles. The normalized spacial score (nSPS) is 12.2. The third-order valence-electron chi connectivity index (χ3n) is 3.88. The van der Waals surface area contributed by atoms with Gasteiger partial charge in [-0.15, -0.1) is 0 Å². The Morgan fingerprint density at radius 3 is 2.42 bits per heavy atom. The van der Waals surface area contributed by atoms with Gasteiger partial charge in [-0.1, -0.05) is 31.5 Å². The van der Waals surface area contributed by atoms with E-state index in [1.165, 1.54) is 12.3 Å². The second-order valence-corrected chi connectivity index (χ2v) is 8.55. The van der Waals surface area contributed by atoms with Gasteiger partial charge in [0.2, 0.25) is 0 Å². The Kier molecular flexibility index (Phi) is 4.25. The Morgan fingerprint density at radius 2 is 1.83 bits per heavy atom. The molecule has 0 saturated heterocycles. The van der Waals surface area contributed by atoms with E-state index in [1.807, 2.05) is 20.8 Å². The molecule has 0 aliphatic rings. The lowest BCUT2D eigenvalue weighted by molar-refractivity contribution is 0.588. The Labute approximate surface area is 148 Å². The molecule has 0 spiro atoms. The summed E-state index contributed by atoms with van der Waals surface area (Å²) in [6, 6.07) is 7.77. The van der Waals surface area contributed by atoms with Crippen molar-refractivity contribution < 1.29 is 12.8 Å². The van der Waals surface area contributed by atoms with Crippen LogP contribution in [0.1, 0.15) is 30.9 Å². The monoisotopic (exact) mass is 410 g/mol. The van der Waals surface area contributed by atoms with Crippen molar-refractivity contribution in [2.45, 2.75) is 31.6 Å². The van der Waals surface area contributed by atoms with Crippen molar-refractivity contribution in [3.63, 3.8) is 0 Å². The maximum atomic E-state index is 14.0. The van der Waals surface area contributed by atoms with E-state index < -0.39 is 15.8 Å². The fourth-order valence-corrected chi connectivity index (χ4v) is 4.19. The van der Waals surface area contributed by atoms with E-state index in [9.17, 15) is 12.8 Å². The first kappa shape index (κ1) is 17.1. The predicted octanol–water partition coefficient (Wildman–Crippen LogP) is 4.61. The molecule has 0 unspecified atom stereocenters. The molecular weight excluding hydrogens is 395 g/mol. The van der Waals surface area contributed by atoms with E-state index in [0.717, 1.165) is 15.1 Å². The van der Waals surface area contributed by atoms with Crippen LogP contribution in [0.3, 0.4) is 0 Å². The van der Waals surface area contributed by atoms with Crippen LogP contribution in [0.2, 0.25) is 0 Å². The molecule has 3 rings (SSSR count). The number of rotatable bonds is 3. The zero-order valence-corrected chi connectivity index (χ0v) is 15.8. The quantitative estimate of drug-likeness (QED) is 0.592. The minimum Gasteiger partial charge on any atom is -0.239 e. The molecule has 3 aromatic rings. The largest absolute Gasteiger partial charge is 0.268 e. The summed E-state index contributed by atoms with van der Waals surface area (Å²) in [5.74, 6) is -0.553. The van der Waals surface area contributed by atoms with E-state index in [2.05, 4.69) is 20.9 Å². The van der Waals surface area contributed by atoms with Crippen molar-refractivity contribution in [3.8, 4) is 0 Å². The van der Waals surface area contributed by atoms with E-state index in [4.69, 9.17) is 0 Å². The summed E-state index contributed by atoms with van der Waals surface area (Å²) in [5, 5.41) is 0. The van der Waals surface area contributed by atoms with Gasteiger partial charge in [-0.3, -0.25) is 0 Å². The number of aryl methyl sites for hydroxylation is 1. The lowest BCUT2D eigenvalue weighted by Crippen LogP contribution is -2.12. The first-order valence-electron chi connectivity index (χ1n) is 7.41. The minimum absolute atomic E-state index is 0.0480.